The minimum atomic E-state index is -0.223. The minimum absolute atomic E-state index is 0.223. The number of aryl methyl sites for hydroxylation is 1. The van der Waals surface area contributed by atoms with Crippen molar-refractivity contribution in [1.82, 2.24) is 30.0 Å². The first-order valence-corrected chi connectivity index (χ1v) is 12.5. The lowest BCUT2D eigenvalue weighted by Crippen LogP contribution is -2.37. The molecule has 7 heteroatoms. The normalized spacial score (nSPS) is 16.3. The Morgan fingerprint density at radius 3 is 2.71 bits per heavy atom. The number of H-pyrrole nitrogens is 2. The van der Waals surface area contributed by atoms with Gasteiger partial charge in [0.25, 0.3) is 0 Å². The summed E-state index contributed by atoms with van der Waals surface area (Å²) in [5, 5.41) is 8.73. The number of halogens is 1. The number of likely N-dealkylation sites (tertiary alicyclic amines) is 1. The van der Waals surface area contributed by atoms with E-state index in [1.54, 1.807) is 6.07 Å². The van der Waals surface area contributed by atoms with Crippen molar-refractivity contribution >= 4 is 10.9 Å². The van der Waals surface area contributed by atoms with Crippen molar-refractivity contribution in [2.24, 2.45) is 5.92 Å². The molecule has 2 aliphatic rings. The molecule has 180 valence electrons. The third-order valence-corrected chi connectivity index (χ3v) is 7.62. The van der Waals surface area contributed by atoms with E-state index in [2.05, 4.69) is 45.4 Å². The molecule has 2 N–H and O–H groups in total. The lowest BCUT2D eigenvalue weighted by molar-refractivity contribution is 0.164. The number of hydrogen-bond donors (Lipinski definition) is 2. The zero-order chi connectivity index (χ0) is 24.1. The standard InChI is InChI=1S/C28H31FN6/c1-4-19-5-7-21(29)14-23(19)20-6-8-22-24(13-20)32-33-27(22)28-30-25-15-35(16-26(25)31-28)18(3)34-11-9-17(2)10-12-34/h5-8,13-14,17H,3-4,9-12,15-16H2,1-2H3,(H,30,31)(H,32,33). The van der Waals surface area contributed by atoms with Crippen LogP contribution in [0.5, 0.6) is 0 Å². The van der Waals surface area contributed by atoms with Crippen LogP contribution in [0.2, 0.25) is 0 Å². The van der Waals surface area contributed by atoms with Crippen molar-refractivity contribution in [3.8, 4) is 22.6 Å². The molecular weight excluding hydrogens is 439 g/mol. The maximum Gasteiger partial charge on any atom is 0.159 e. The van der Waals surface area contributed by atoms with Crippen LogP contribution in [0.3, 0.4) is 0 Å². The molecule has 35 heavy (non-hydrogen) atoms. The Kier molecular flexibility index (Phi) is 5.35. The third kappa shape index (κ3) is 3.89. The molecule has 2 aromatic heterocycles. The second-order valence-electron chi connectivity index (χ2n) is 9.94. The second kappa shape index (κ2) is 8.56. The van der Waals surface area contributed by atoms with E-state index in [9.17, 15) is 4.39 Å². The third-order valence-electron chi connectivity index (χ3n) is 7.62. The Bertz CT molecular complexity index is 1380. The van der Waals surface area contributed by atoms with E-state index in [4.69, 9.17) is 4.98 Å². The van der Waals surface area contributed by atoms with E-state index in [0.717, 1.165) is 94.8 Å². The Labute approximate surface area is 204 Å². The van der Waals surface area contributed by atoms with Crippen molar-refractivity contribution in [2.75, 3.05) is 13.1 Å². The molecule has 6 nitrogen and oxygen atoms in total. The van der Waals surface area contributed by atoms with Gasteiger partial charge in [-0.25, -0.2) is 9.37 Å². The van der Waals surface area contributed by atoms with Crippen LogP contribution >= 0.6 is 0 Å². The van der Waals surface area contributed by atoms with Crippen molar-refractivity contribution in [1.29, 1.82) is 0 Å². The van der Waals surface area contributed by atoms with Gasteiger partial charge in [0.1, 0.15) is 11.5 Å². The van der Waals surface area contributed by atoms with Crippen LogP contribution < -0.4 is 0 Å². The highest BCUT2D eigenvalue weighted by Crippen LogP contribution is 2.34. The molecule has 4 aromatic rings. The van der Waals surface area contributed by atoms with Gasteiger partial charge in [0.15, 0.2) is 5.82 Å². The number of benzene rings is 2. The molecule has 0 bridgehead atoms. The Balaban J connectivity index is 1.23. The number of hydrogen-bond acceptors (Lipinski definition) is 4. The summed E-state index contributed by atoms with van der Waals surface area (Å²) >= 11 is 0. The molecule has 4 heterocycles. The minimum Gasteiger partial charge on any atom is -0.359 e. The Hall–Kier alpha value is -3.61. The van der Waals surface area contributed by atoms with Gasteiger partial charge in [-0.1, -0.05) is 32.6 Å². The second-order valence-corrected chi connectivity index (χ2v) is 9.94. The van der Waals surface area contributed by atoms with E-state index < -0.39 is 0 Å². The monoisotopic (exact) mass is 470 g/mol. The van der Waals surface area contributed by atoms with E-state index in [0.29, 0.717) is 0 Å². The van der Waals surface area contributed by atoms with Gasteiger partial charge < -0.3 is 14.8 Å². The highest BCUT2D eigenvalue weighted by Gasteiger charge is 2.28. The van der Waals surface area contributed by atoms with Gasteiger partial charge in [0.2, 0.25) is 0 Å². The number of aromatic nitrogens is 4. The average Bonchev–Trinajstić information content (AvgIpc) is 3.56. The first kappa shape index (κ1) is 21.9. The molecule has 0 amide bonds. The molecule has 0 unspecified atom stereocenters. The van der Waals surface area contributed by atoms with E-state index in [1.165, 1.54) is 18.9 Å². The van der Waals surface area contributed by atoms with Crippen LogP contribution in [0.25, 0.3) is 33.5 Å². The molecule has 1 fully saturated rings. The number of rotatable bonds is 5. The molecule has 6 rings (SSSR count). The predicted molar refractivity (Wildman–Crippen MR) is 137 cm³/mol. The molecule has 0 spiro atoms. The summed E-state index contributed by atoms with van der Waals surface area (Å²) in [6, 6.07) is 11.1. The summed E-state index contributed by atoms with van der Waals surface area (Å²) in [6.45, 7) is 12.5. The maximum absolute atomic E-state index is 13.9. The summed E-state index contributed by atoms with van der Waals surface area (Å²) in [4.78, 5) is 13.1. The summed E-state index contributed by atoms with van der Waals surface area (Å²) in [6.07, 6.45) is 3.31. The van der Waals surface area contributed by atoms with Gasteiger partial charge >= 0.3 is 0 Å². The van der Waals surface area contributed by atoms with Crippen molar-refractivity contribution in [3.63, 3.8) is 0 Å². The fraction of sp³-hybridized carbons (Fsp3) is 0.357. The van der Waals surface area contributed by atoms with Gasteiger partial charge in [0.05, 0.1) is 35.8 Å². The fourth-order valence-electron chi connectivity index (χ4n) is 5.39. The molecular formula is C28H31FN6. The van der Waals surface area contributed by atoms with E-state index in [-0.39, 0.29) is 5.82 Å². The number of nitrogens with zero attached hydrogens (tertiary/aromatic N) is 4. The summed E-state index contributed by atoms with van der Waals surface area (Å²) < 4.78 is 13.9. The highest BCUT2D eigenvalue weighted by atomic mass is 19.1. The molecule has 2 aromatic carbocycles. The van der Waals surface area contributed by atoms with Crippen molar-refractivity contribution in [2.45, 2.75) is 46.2 Å². The van der Waals surface area contributed by atoms with Crippen LogP contribution in [-0.4, -0.2) is 43.1 Å². The number of fused-ring (bicyclic) bond motifs is 2. The van der Waals surface area contributed by atoms with Gasteiger partial charge in [0, 0.05) is 18.5 Å². The SMILES string of the molecule is C=C(N1CCC(C)CC1)N1Cc2nc(-c3n[nH]c4cc(-c5cc(F)ccc5CC)ccc34)[nH]c2C1. The zero-order valence-electron chi connectivity index (χ0n) is 20.4. The van der Waals surface area contributed by atoms with Crippen LogP contribution in [0.15, 0.2) is 48.8 Å². The first-order valence-electron chi connectivity index (χ1n) is 12.5. The highest BCUT2D eigenvalue weighted by molar-refractivity contribution is 5.94. The van der Waals surface area contributed by atoms with Gasteiger partial charge in [-0.15, -0.1) is 0 Å². The van der Waals surface area contributed by atoms with Crippen LogP contribution in [0.4, 0.5) is 4.39 Å². The van der Waals surface area contributed by atoms with Crippen LogP contribution in [0.1, 0.15) is 43.6 Å². The maximum atomic E-state index is 13.9. The summed E-state index contributed by atoms with van der Waals surface area (Å²) in [5.74, 6) is 2.47. The van der Waals surface area contributed by atoms with Gasteiger partial charge in [-0.05, 0) is 66.1 Å². The molecule has 1 saturated heterocycles. The lowest BCUT2D eigenvalue weighted by Gasteiger charge is -2.37. The molecule has 2 aliphatic heterocycles. The van der Waals surface area contributed by atoms with Crippen molar-refractivity contribution < 1.29 is 4.39 Å². The van der Waals surface area contributed by atoms with Crippen molar-refractivity contribution in [3.05, 3.63) is 71.6 Å². The summed E-state index contributed by atoms with van der Waals surface area (Å²) in [7, 11) is 0. The predicted octanol–water partition coefficient (Wildman–Crippen LogP) is 5.84. The van der Waals surface area contributed by atoms with Crippen LogP contribution in [0, 0.1) is 11.7 Å². The zero-order valence-corrected chi connectivity index (χ0v) is 20.4. The van der Waals surface area contributed by atoms with E-state index >= 15 is 0 Å². The Morgan fingerprint density at radius 2 is 1.94 bits per heavy atom. The number of aromatic amines is 2. The summed E-state index contributed by atoms with van der Waals surface area (Å²) in [5.41, 5.74) is 6.94. The molecule has 0 saturated carbocycles. The van der Waals surface area contributed by atoms with Gasteiger partial charge in [-0.2, -0.15) is 5.10 Å². The largest absolute Gasteiger partial charge is 0.359 e. The Morgan fingerprint density at radius 1 is 1.11 bits per heavy atom. The average molecular weight is 471 g/mol. The van der Waals surface area contributed by atoms with Crippen LogP contribution in [-0.2, 0) is 19.5 Å². The van der Waals surface area contributed by atoms with Gasteiger partial charge in [-0.3, -0.25) is 5.10 Å². The smallest absolute Gasteiger partial charge is 0.159 e. The molecule has 0 atom stereocenters. The number of nitrogens with one attached hydrogen (secondary N) is 2. The van der Waals surface area contributed by atoms with E-state index in [1.807, 2.05) is 24.3 Å². The number of imidazole rings is 1. The number of piperidine rings is 1. The molecule has 0 aliphatic carbocycles. The fourth-order valence-corrected chi connectivity index (χ4v) is 5.39. The first-order chi connectivity index (χ1) is 17.0. The topological polar surface area (TPSA) is 63.8 Å². The molecule has 0 radical (unpaired) electrons. The quantitative estimate of drug-likeness (QED) is 0.385. The lowest BCUT2D eigenvalue weighted by atomic mass is 9.97.